The van der Waals surface area contributed by atoms with Gasteiger partial charge < -0.3 is 24.0 Å². The molecule has 8 rings (SSSR count). The van der Waals surface area contributed by atoms with Gasteiger partial charge >= 0.3 is 5.69 Å². The van der Waals surface area contributed by atoms with Crippen molar-refractivity contribution in [2.75, 3.05) is 55.7 Å². The number of anilines is 2. The van der Waals surface area contributed by atoms with E-state index in [1.165, 1.54) is 4.68 Å². The summed E-state index contributed by atoms with van der Waals surface area (Å²) in [6.45, 7) is 7.54. The van der Waals surface area contributed by atoms with Gasteiger partial charge in [-0.3, -0.25) is 14.5 Å². The summed E-state index contributed by atoms with van der Waals surface area (Å²) in [5.74, 6) is -1.70. The summed E-state index contributed by atoms with van der Waals surface area (Å²) >= 11 is 12.8. The number of hydrogen-bond donors (Lipinski definition) is 0. The van der Waals surface area contributed by atoms with Gasteiger partial charge in [-0.2, -0.15) is 5.10 Å². The highest BCUT2D eigenvalue weighted by Crippen LogP contribution is 2.41. The Morgan fingerprint density at radius 1 is 0.836 bits per heavy atom. The fourth-order valence-corrected chi connectivity index (χ4v) is 7.86. The van der Waals surface area contributed by atoms with Crippen LogP contribution in [0.15, 0.2) is 102 Å². The predicted octanol–water partition coefficient (Wildman–Crippen LogP) is 6.58. The maximum atomic E-state index is 13.3. The van der Waals surface area contributed by atoms with E-state index >= 15 is 0 Å². The zero-order valence-corrected chi connectivity index (χ0v) is 31.9. The number of aromatic nitrogens is 3. The maximum absolute atomic E-state index is 13.3. The molecule has 4 aromatic carbocycles. The number of imide groups is 1. The fourth-order valence-electron chi connectivity index (χ4n) is 7.30. The third-order valence-corrected chi connectivity index (χ3v) is 11.1. The molecule has 0 aliphatic carbocycles. The largest absolute Gasteiger partial charge is 0.491 e. The average Bonchev–Trinajstić information content (AvgIpc) is 3.88. The van der Waals surface area contributed by atoms with Gasteiger partial charge in [0, 0.05) is 48.1 Å². The van der Waals surface area contributed by atoms with Crippen molar-refractivity contribution in [3.63, 3.8) is 0 Å². The molecule has 0 spiro atoms. The number of piperazine rings is 1. The number of benzene rings is 4. The number of rotatable bonds is 11. The van der Waals surface area contributed by atoms with Crippen LogP contribution in [0.3, 0.4) is 0 Å². The van der Waals surface area contributed by atoms with Gasteiger partial charge in [0.2, 0.25) is 5.79 Å². The molecule has 55 heavy (non-hydrogen) atoms. The van der Waals surface area contributed by atoms with Crippen LogP contribution in [0.4, 0.5) is 11.4 Å². The number of nitrogens with zero attached hydrogens (tertiary/aromatic N) is 6. The summed E-state index contributed by atoms with van der Waals surface area (Å²) in [6, 6.07) is 27.7. The number of fused-ring (bicyclic) bond motifs is 1. The molecule has 3 aliphatic rings. The van der Waals surface area contributed by atoms with E-state index in [4.69, 9.17) is 37.4 Å². The Bertz CT molecular complexity index is 2240. The average molecular weight is 784 g/mol. The highest BCUT2D eigenvalue weighted by atomic mass is 35.5. The molecule has 284 valence electrons. The monoisotopic (exact) mass is 782 g/mol. The van der Waals surface area contributed by atoms with Crippen LogP contribution in [0.1, 0.15) is 52.6 Å². The van der Waals surface area contributed by atoms with Gasteiger partial charge in [-0.25, -0.2) is 14.0 Å². The molecule has 2 amide bonds. The molecule has 14 heteroatoms. The summed E-state index contributed by atoms with van der Waals surface area (Å²) in [7, 11) is 0. The van der Waals surface area contributed by atoms with Crippen LogP contribution in [-0.4, -0.2) is 83.1 Å². The Morgan fingerprint density at radius 3 is 2.04 bits per heavy atom. The van der Waals surface area contributed by atoms with E-state index in [9.17, 15) is 14.4 Å². The minimum atomic E-state index is -1.52. The first-order chi connectivity index (χ1) is 26.6. The van der Waals surface area contributed by atoms with Gasteiger partial charge in [-0.05, 0) is 86.1 Å². The summed E-state index contributed by atoms with van der Waals surface area (Å²) in [5, 5.41) is 5.02. The SMILES string of the molecule is CC[C@@H](C)n1ncn(-c2ccc(N3CCN(c4ccc(OC[C@@H]5CO[C@](CN6C(=O)c7ccccc7C6=O)(c6ccc(Cl)cc6Cl)O5)cc4)CC3)cc2)c1=O. The second-order valence-electron chi connectivity index (χ2n) is 14.0. The number of carbonyl (C=O) groups is 2. The molecule has 2 fully saturated rings. The number of hydrogen-bond acceptors (Lipinski definition) is 9. The van der Waals surface area contributed by atoms with Gasteiger partial charge in [0.1, 0.15) is 24.8 Å². The van der Waals surface area contributed by atoms with Crippen molar-refractivity contribution in [2.24, 2.45) is 0 Å². The third-order valence-electron chi connectivity index (χ3n) is 10.6. The van der Waals surface area contributed by atoms with Crippen molar-refractivity contribution >= 4 is 46.4 Å². The number of carbonyl (C=O) groups excluding carboxylic acids is 2. The second-order valence-corrected chi connectivity index (χ2v) is 14.8. The lowest BCUT2D eigenvalue weighted by molar-refractivity contribution is -0.184. The van der Waals surface area contributed by atoms with Crippen LogP contribution in [0.2, 0.25) is 10.0 Å². The quantitative estimate of drug-likeness (QED) is 0.137. The summed E-state index contributed by atoms with van der Waals surface area (Å²) in [5.41, 5.74) is 3.99. The highest BCUT2D eigenvalue weighted by Gasteiger charge is 2.50. The van der Waals surface area contributed by atoms with E-state index in [1.807, 2.05) is 50.2 Å². The van der Waals surface area contributed by atoms with Gasteiger partial charge in [0.15, 0.2) is 0 Å². The van der Waals surface area contributed by atoms with E-state index < -0.39 is 23.7 Å². The molecular weight excluding hydrogens is 743 g/mol. The highest BCUT2D eigenvalue weighted by molar-refractivity contribution is 6.35. The number of ether oxygens (including phenoxy) is 3. The zero-order chi connectivity index (χ0) is 38.3. The topological polar surface area (TPSA) is 111 Å². The normalized spacial score (nSPS) is 20.3. The van der Waals surface area contributed by atoms with Crippen LogP contribution in [0.5, 0.6) is 5.75 Å². The Hall–Kier alpha value is -5.14. The molecule has 0 saturated carbocycles. The molecule has 12 nitrogen and oxygen atoms in total. The standard InChI is InChI=1S/C41H40Cl2N6O6/c1-3-27(2)49-40(52)48(26-44-49)31-11-9-29(10-12-31)45-18-20-46(21-19-45)30-13-15-32(16-14-30)53-23-33-24-54-41(55-33,36-17-8-28(42)22-37(36)43)25-47-38(50)34-6-4-5-7-35(34)39(47)51/h4-17,22,26-27,33H,3,18-21,23-25H2,1-2H3/t27-,33-,41+/m1/s1. The first-order valence-electron chi connectivity index (χ1n) is 18.4. The molecule has 1 aromatic heterocycles. The third kappa shape index (κ3) is 7.11. The lowest BCUT2D eigenvalue weighted by Gasteiger charge is -2.37. The minimum Gasteiger partial charge on any atom is -0.491 e. The molecule has 4 heterocycles. The van der Waals surface area contributed by atoms with Crippen molar-refractivity contribution in [2.45, 2.75) is 38.2 Å². The van der Waals surface area contributed by atoms with Crippen LogP contribution < -0.4 is 20.2 Å². The second kappa shape index (κ2) is 15.2. The first kappa shape index (κ1) is 36.8. The Kier molecular flexibility index (Phi) is 10.2. The van der Waals surface area contributed by atoms with Gasteiger partial charge in [0.25, 0.3) is 11.8 Å². The van der Waals surface area contributed by atoms with E-state index in [-0.39, 0.29) is 31.5 Å². The van der Waals surface area contributed by atoms with Gasteiger partial charge in [-0.15, -0.1) is 0 Å². The molecule has 5 aromatic rings. The lowest BCUT2D eigenvalue weighted by Crippen LogP contribution is -2.46. The van der Waals surface area contributed by atoms with E-state index in [2.05, 4.69) is 27.0 Å². The smallest absolute Gasteiger partial charge is 0.350 e. The van der Waals surface area contributed by atoms with Crippen molar-refractivity contribution < 1.29 is 23.8 Å². The summed E-state index contributed by atoms with van der Waals surface area (Å²) < 4.78 is 22.0. The Balaban J connectivity index is 0.874. The van der Waals surface area contributed by atoms with Crippen molar-refractivity contribution in [1.82, 2.24) is 19.2 Å². The number of amides is 2. The molecular formula is C41H40Cl2N6O6. The van der Waals surface area contributed by atoms with Crippen molar-refractivity contribution in [3.05, 3.63) is 135 Å². The lowest BCUT2D eigenvalue weighted by atomic mass is 10.0. The van der Waals surface area contributed by atoms with E-state index in [0.717, 1.165) is 54.6 Å². The van der Waals surface area contributed by atoms with Crippen molar-refractivity contribution in [3.8, 4) is 11.4 Å². The zero-order valence-electron chi connectivity index (χ0n) is 30.4. The van der Waals surface area contributed by atoms with Crippen LogP contribution in [-0.2, 0) is 15.3 Å². The van der Waals surface area contributed by atoms with Gasteiger partial charge in [-0.1, -0.05) is 48.3 Å². The summed E-state index contributed by atoms with van der Waals surface area (Å²) in [6.07, 6.45) is 1.90. The predicted molar refractivity (Wildman–Crippen MR) is 210 cm³/mol. The van der Waals surface area contributed by atoms with Crippen LogP contribution in [0, 0.1) is 0 Å². The number of halogens is 2. The fraction of sp³-hybridized carbons (Fsp3) is 0.317. The first-order valence-corrected chi connectivity index (χ1v) is 19.1. The molecule has 2 saturated heterocycles. The van der Waals surface area contributed by atoms with Crippen LogP contribution >= 0.6 is 23.2 Å². The summed E-state index contributed by atoms with van der Waals surface area (Å²) in [4.78, 5) is 45.3. The molecule has 0 N–H and O–H groups in total. The Labute approximate surface area is 328 Å². The Morgan fingerprint density at radius 2 is 1.44 bits per heavy atom. The minimum absolute atomic E-state index is 0.0481. The molecule has 0 unspecified atom stereocenters. The van der Waals surface area contributed by atoms with E-state index in [1.54, 1.807) is 53.4 Å². The molecule has 0 bridgehead atoms. The maximum Gasteiger partial charge on any atom is 0.350 e. The molecule has 0 radical (unpaired) electrons. The van der Waals surface area contributed by atoms with E-state index in [0.29, 0.717) is 32.5 Å². The van der Waals surface area contributed by atoms with Gasteiger partial charge in [0.05, 0.1) is 41.0 Å². The van der Waals surface area contributed by atoms with Crippen molar-refractivity contribution in [1.29, 1.82) is 0 Å². The molecule has 3 atom stereocenters. The molecule has 3 aliphatic heterocycles. The van der Waals surface area contributed by atoms with Crippen LogP contribution in [0.25, 0.3) is 5.69 Å².